The normalized spacial score (nSPS) is 26.0. The highest BCUT2D eigenvalue weighted by atomic mass is 14.9. The largest absolute Gasteiger partial charge is 0.310 e. The highest BCUT2D eigenvalue weighted by molar-refractivity contribution is 5.29. The third-order valence-corrected chi connectivity index (χ3v) is 3.53. The van der Waals surface area contributed by atoms with Crippen LogP contribution in [0, 0.1) is 5.92 Å². The standard InChI is InChI=1S/C15H23N/c1-11-9-14(16-10-11)12-5-7-13(8-6-12)15(2,3)4/h5-8,11,14,16H,9-10H2,1-4H3/t11-,14-/m1/s1. The molecule has 1 aliphatic rings. The molecule has 2 atom stereocenters. The Bertz CT molecular complexity index is 345. The molecule has 1 saturated heterocycles. The van der Waals surface area contributed by atoms with E-state index in [2.05, 4.69) is 57.3 Å². The van der Waals surface area contributed by atoms with Crippen molar-refractivity contribution in [2.75, 3.05) is 6.54 Å². The molecule has 0 saturated carbocycles. The van der Waals surface area contributed by atoms with Crippen molar-refractivity contribution in [2.24, 2.45) is 5.92 Å². The molecule has 16 heavy (non-hydrogen) atoms. The van der Waals surface area contributed by atoms with Gasteiger partial charge in [0.2, 0.25) is 0 Å². The SMILES string of the molecule is C[C@H]1CN[C@@H](c2ccc(C(C)(C)C)cc2)C1. The molecule has 1 N–H and O–H groups in total. The first-order chi connectivity index (χ1) is 7.47. The number of benzene rings is 1. The van der Waals surface area contributed by atoms with Crippen molar-refractivity contribution in [2.45, 2.75) is 45.6 Å². The Morgan fingerprint density at radius 3 is 2.19 bits per heavy atom. The first-order valence-corrected chi connectivity index (χ1v) is 6.30. The average molecular weight is 217 g/mol. The predicted molar refractivity (Wildman–Crippen MR) is 69.7 cm³/mol. The molecule has 0 spiro atoms. The molecule has 2 rings (SSSR count). The van der Waals surface area contributed by atoms with Crippen molar-refractivity contribution in [3.8, 4) is 0 Å². The summed E-state index contributed by atoms with van der Waals surface area (Å²) in [5.74, 6) is 0.812. The van der Waals surface area contributed by atoms with Crippen LogP contribution < -0.4 is 5.32 Å². The van der Waals surface area contributed by atoms with Crippen molar-refractivity contribution in [1.82, 2.24) is 5.32 Å². The van der Waals surface area contributed by atoms with Crippen LogP contribution in [0.15, 0.2) is 24.3 Å². The van der Waals surface area contributed by atoms with Crippen molar-refractivity contribution in [3.63, 3.8) is 0 Å². The topological polar surface area (TPSA) is 12.0 Å². The Morgan fingerprint density at radius 2 is 1.75 bits per heavy atom. The average Bonchev–Trinajstić information content (AvgIpc) is 2.64. The smallest absolute Gasteiger partial charge is 0.0323 e. The quantitative estimate of drug-likeness (QED) is 0.757. The first-order valence-electron chi connectivity index (χ1n) is 6.30. The molecule has 0 amide bonds. The van der Waals surface area contributed by atoms with Gasteiger partial charge in [0, 0.05) is 6.04 Å². The summed E-state index contributed by atoms with van der Waals surface area (Å²) in [7, 11) is 0. The molecule has 1 fully saturated rings. The summed E-state index contributed by atoms with van der Waals surface area (Å²) >= 11 is 0. The molecular formula is C15H23N. The minimum absolute atomic E-state index is 0.259. The molecule has 0 unspecified atom stereocenters. The van der Waals surface area contributed by atoms with Gasteiger partial charge in [-0.3, -0.25) is 0 Å². The van der Waals surface area contributed by atoms with Gasteiger partial charge in [-0.05, 0) is 35.4 Å². The Kier molecular flexibility index (Phi) is 3.07. The molecule has 88 valence electrons. The van der Waals surface area contributed by atoms with E-state index >= 15 is 0 Å². The van der Waals surface area contributed by atoms with E-state index < -0.39 is 0 Å². The maximum Gasteiger partial charge on any atom is 0.0323 e. The second kappa shape index (κ2) is 4.21. The van der Waals surface area contributed by atoms with E-state index in [0.717, 1.165) is 12.5 Å². The highest BCUT2D eigenvalue weighted by Crippen LogP contribution is 2.29. The van der Waals surface area contributed by atoms with E-state index in [9.17, 15) is 0 Å². The lowest BCUT2D eigenvalue weighted by Crippen LogP contribution is -2.14. The third kappa shape index (κ3) is 2.46. The van der Waals surface area contributed by atoms with Crippen molar-refractivity contribution < 1.29 is 0 Å². The number of hydrogen-bond donors (Lipinski definition) is 1. The maximum atomic E-state index is 3.58. The van der Waals surface area contributed by atoms with Gasteiger partial charge in [0.25, 0.3) is 0 Å². The van der Waals surface area contributed by atoms with E-state index in [1.807, 2.05) is 0 Å². The zero-order chi connectivity index (χ0) is 11.8. The van der Waals surface area contributed by atoms with Crippen LogP contribution in [0.3, 0.4) is 0 Å². The molecule has 1 aromatic carbocycles. The van der Waals surface area contributed by atoms with Gasteiger partial charge in [-0.25, -0.2) is 0 Å². The molecule has 0 bridgehead atoms. The van der Waals surface area contributed by atoms with Gasteiger partial charge in [0.1, 0.15) is 0 Å². The molecule has 1 aliphatic heterocycles. The summed E-state index contributed by atoms with van der Waals surface area (Å²) in [6, 6.07) is 9.70. The number of hydrogen-bond acceptors (Lipinski definition) is 1. The zero-order valence-electron chi connectivity index (χ0n) is 10.9. The predicted octanol–water partition coefficient (Wildman–Crippen LogP) is 3.65. The van der Waals surface area contributed by atoms with Crippen LogP contribution in [-0.2, 0) is 5.41 Å². The van der Waals surface area contributed by atoms with Gasteiger partial charge >= 0.3 is 0 Å². The zero-order valence-corrected chi connectivity index (χ0v) is 10.9. The summed E-state index contributed by atoms with van der Waals surface area (Å²) in [6.45, 7) is 10.3. The Balaban J connectivity index is 2.14. The van der Waals surface area contributed by atoms with E-state index in [1.165, 1.54) is 17.5 Å². The highest BCUT2D eigenvalue weighted by Gasteiger charge is 2.22. The lowest BCUT2D eigenvalue weighted by atomic mass is 9.86. The van der Waals surface area contributed by atoms with E-state index in [-0.39, 0.29) is 5.41 Å². The van der Waals surface area contributed by atoms with Gasteiger partial charge in [-0.15, -0.1) is 0 Å². The molecule has 1 heteroatoms. The second-order valence-corrected chi connectivity index (χ2v) is 6.17. The summed E-state index contributed by atoms with van der Waals surface area (Å²) in [5.41, 5.74) is 3.12. The molecule has 0 aromatic heterocycles. The Labute approximate surface area is 99.3 Å². The minimum atomic E-state index is 0.259. The number of nitrogens with one attached hydrogen (secondary N) is 1. The van der Waals surface area contributed by atoms with Gasteiger partial charge in [0.05, 0.1) is 0 Å². The van der Waals surface area contributed by atoms with Gasteiger partial charge in [0.15, 0.2) is 0 Å². The van der Waals surface area contributed by atoms with E-state index in [0.29, 0.717) is 6.04 Å². The fourth-order valence-corrected chi connectivity index (χ4v) is 2.38. The summed E-state index contributed by atoms with van der Waals surface area (Å²) < 4.78 is 0. The van der Waals surface area contributed by atoms with Crippen LogP contribution >= 0.6 is 0 Å². The van der Waals surface area contributed by atoms with Gasteiger partial charge in [-0.2, -0.15) is 0 Å². The second-order valence-electron chi connectivity index (χ2n) is 6.17. The molecule has 0 aliphatic carbocycles. The maximum absolute atomic E-state index is 3.58. The van der Waals surface area contributed by atoms with Crippen LogP contribution in [0.4, 0.5) is 0 Å². The van der Waals surface area contributed by atoms with Crippen LogP contribution in [-0.4, -0.2) is 6.54 Å². The van der Waals surface area contributed by atoms with Gasteiger partial charge < -0.3 is 5.32 Å². The van der Waals surface area contributed by atoms with Crippen LogP contribution in [0.5, 0.6) is 0 Å². The van der Waals surface area contributed by atoms with E-state index in [1.54, 1.807) is 0 Å². The fraction of sp³-hybridized carbons (Fsp3) is 0.600. The van der Waals surface area contributed by atoms with Crippen LogP contribution in [0.25, 0.3) is 0 Å². The molecular weight excluding hydrogens is 194 g/mol. The molecule has 1 nitrogen and oxygen atoms in total. The summed E-state index contributed by atoms with van der Waals surface area (Å²) in [6.07, 6.45) is 1.27. The van der Waals surface area contributed by atoms with Crippen molar-refractivity contribution in [3.05, 3.63) is 35.4 Å². The molecule has 1 heterocycles. The molecule has 1 aromatic rings. The summed E-state index contributed by atoms with van der Waals surface area (Å²) in [5, 5.41) is 3.58. The molecule has 0 radical (unpaired) electrons. The van der Waals surface area contributed by atoms with Gasteiger partial charge in [-0.1, -0.05) is 52.0 Å². The fourth-order valence-electron chi connectivity index (χ4n) is 2.38. The third-order valence-electron chi connectivity index (χ3n) is 3.53. The number of rotatable bonds is 1. The lowest BCUT2D eigenvalue weighted by Gasteiger charge is -2.20. The summed E-state index contributed by atoms with van der Waals surface area (Å²) in [4.78, 5) is 0. The van der Waals surface area contributed by atoms with Crippen LogP contribution in [0.2, 0.25) is 0 Å². The van der Waals surface area contributed by atoms with Crippen LogP contribution in [0.1, 0.15) is 51.3 Å². The monoisotopic (exact) mass is 217 g/mol. The Hall–Kier alpha value is -0.820. The lowest BCUT2D eigenvalue weighted by molar-refractivity contribution is 0.586. The Morgan fingerprint density at radius 1 is 1.12 bits per heavy atom. The van der Waals surface area contributed by atoms with E-state index in [4.69, 9.17) is 0 Å². The first kappa shape index (κ1) is 11.7. The van der Waals surface area contributed by atoms with Crippen molar-refractivity contribution in [1.29, 1.82) is 0 Å². The minimum Gasteiger partial charge on any atom is -0.310 e. The van der Waals surface area contributed by atoms with Crippen molar-refractivity contribution >= 4 is 0 Å².